The van der Waals surface area contributed by atoms with E-state index in [1.165, 1.54) is 10.4 Å². The molecular weight excluding hydrogens is 324 g/mol. The van der Waals surface area contributed by atoms with E-state index in [9.17, 15) is 4.79 Å². The van der Waals surface area contributed by atoms with Gasteiger partial charge in [-0.15, -0.1) is 11.3 Å². The maximum atomic E-state index is 12.6. The van der Waals surface area contributed by atoms with Crippen LogP contribution >= 0.6 is 11.3 Å². The number of hydrogen-bond acceptors (Lipinski definition) is 4. The molecule has 4 rings (SSSR count). The van der Waals surface area contributed by atoms with Crippen molar-refractivity contribution in [1.29, 1.82) is 0 Å². The third-order valence-electron chi connectivity index (χ3n) is 4.50. The molecule has 3 heterocycles. The highest BCUT2D eigenvalue weighted by molar-refractivity contribution is 7.10. The van der Waals surface area contributed by atoms with E-state index in [0.717, 1.165) is 30.0 Å². The van der Waals surface area contributed by atoms with Crippen molar-refractivity contribution in [1.82, 2.24) is 10.2 Å². The summed E-state index contributed by atoms with van der Waals surface area (Å²) in [5, 5.41) is 5.19. The number of nitrogens with zero attached hydrogens (tertiary/aromatic N) is 1. The number of benzene rings is 1. The molecule has 0 fully saturated rings. The van der Waals surface area contributed by atoms with Crippen LogP contribution in [0.15, 0.2) is 29.6 Å². The molecule has 0 spiro atoms. The smallest absolute Gasteiger partial charge is 0.318 e. The third-order valence-corrected chi connectivity index (χ3v) is 5.52. The van der Waals surface area contributed by atoms with Crippen LogP contribution in [0.2, 0.25) is 0 Å². The van der Waals surface area contributed by atoms with E-state index in [2.05, 4.69) is 16.8 Å². The lowest BCUT2D eigenvalue weighted by atomic mass is 10.1. The molecule has 5 nitrogen and oxygen atoms in total. The number of amides is 2. The van der Waals surface area contributed by atoms with Crippen LogP contribution in [-0.2, 0) is 13.0 Å². The zero-order valence-electron chi connectivity index (χ0n) is 13.6. The number of hydrogen-bond donors (Lipinski definition) is 1. The lowest BCUT2D eigenvalue weighted by Crippen LogP contribution is -2.43. The number of carbonyl (C=O) groups excluding carboxylic acids is 1. The van der Waals surface area contributed by atoms with Crippen molar-refractivity contribution < 1.29 is 14.3 Å². The minimum Gasteiger partial charge on any atom is -0.486 e. The monoisotopic (exact) mass is 344 g/mol. The lowest BCUT2D eigenvalue weighted by molar-refractivity contribution is 0.171. The average molecular weight is 344 g/mol. The Morgan fingerprint density at radius 1 is 1.25 bits per heavy atom. The maximum Gasteiger partial charge on any atom is 0.318 e. The molecule has 1 N–H and O–H groups in total. The first-order valence-corrected chi connectivity index (χ1v) is 9.09. The zero-order chi connectivity index (χ0) is 16.5. The van der Waals surface area contributed by atoms with Gasteiger partial charge in [-0.05, 0) is 48.1 Å². The fourth-order valence-corrected chi connectivity index (χ4v) is 4.00. The van der Waals surface area contributed by atoms with Gasteiger partial charge in [-0.25, -0.2) is 4.79 Å². The average Bonchev–Trinajstić information content (AvgIpc) is 3.08. The number of rotatable bonds is 2. The second-order valence-corrected chi connectivity index (χ2v) is 7.12. The van der Waals surface area contributed by atoms with Crippen molar-refractivity contribution in [3.63, 3.8) is 0 Å². The Labute approximate surface area is 145 Å². The molecule has 0 bridgehead atoms. The van der Waals surface area contributed by atoms with Crippen molar-refractivity contribution in [3.05, 3.63) is 45.6 Å². The fraction of sp³-hybridized carbons (Fsp3) is 0.389. The summed E-state index contributed by atoms with van der Waals surface area (Å²) < 4.78 is 11.2. The summed E-state index contributed by atoms with van der Waals surface area (Å²) in [6.45, 7) is 4.60. The Hall–Kier alpha value is -2.21. The van der Waals surface area contributed by atoms with E-state index in [1.807, 2.05) is 30.0 Å². The summed E-state index contributed by atoms with van der Waals surface area (Å²) >= 11 is 1.78. The van der Waals surface area contributed by atoms with Gasteiger partial charge in [0.15, 0.2) is 11.5 Å². The highest BCUT2D eigenvalue weighted by Crippen LogP contribution is 2.32. The van der Waals surface area contributed by atoms with E-state index >= 15 is 0 Å². The Bertz CT molecular complexity index is 758. The first-order valence-electron chi connectivity index (χ1n) is 8.21. The second-order valence-electron chi connectivity index (χ2n) is 6.11. The number of ether oxygens (including phenoxy) is 2. The summed E-state index contributed by atoms with van der Waals surface area (Å²) in [5.41, 5.74) is 2.29. The fourth-order valence-electron chi connectivity index (χ4n) is 3.11. The second kappa shape index (κ2) is 6.36. The van der Waals surface area contributed by atoms with E-state index < -0.39 is 0 Å². The molecule has 1 aromatic carbocycles. The van der Waals surface area contributed by atoms with E-state index in [1.54, 1.807) is 11.3 Å². The first-order chi connectivity index (χ1) is 11.7. The van der Waals surface area contributed by atoms with Crippen molar-refractivity contribution in [2.24, 2.45) is 0 Å². The van der Waals surface area contributed by atoms with Crippen LogP contribution in [0, 0.1) is 0 Å². The SMILES string of the molecule is CC(NC(=O)N1CCc2sccc2C1)c1ccc2c(c1)OCCO2. The van der Waals surface area contributed by atoms with Crippen LogP contribution in [0.5, 0.6) is 11.5 Å². The summed E-state index contributed by atoms with van der Waals surface area (Å²) in [7, 11) is 0. The van der Waals surface area contributed by atoms with Crippen LogP contribution in [0.1, 0.15) is 29.0 Å². The summed E-state index contributed by atoms with van der Waals surface area (Å²) in [4.78, 5) is 15.8. The van der Waals surface area contributed by atoms with Gasteiger partial charge in [0.25, 0.3) is 0 Å². The van der Waals surface area contributed by atoms with Gasteiger partial charge in [-0.3, -0.25) is 0 Å². The molecule has 2 aliphatic rings. The van der Waals surface area contributed by atoms with Gasteiger partial charge < -0.3 is 19.7 Å². The van der Waals surface area contributed by atoms with Crippen molar-refractivity contribution >= 4 is 17.4 Å². The first kappa shape index (κ1) is 15.3. The van der Waals surface area contributed by atoms with Crippen molar-refractivity contribution in [2.75, 3.05) is 19.8 Å². The molecule has 1 atom stereocenters. The van der Waals surface area contributed by atoms with Crippen LogP contribution in [0.25, 0.3) is 0 Å². The minimum atomic E-state index is -0.0859. The van der Waals surface area contributed by atoms with Gasteiger partial charge in [-0.2, -0.15) is 0 Å². The van der Waals surface area contributed by atoms with Crippen molar-refractivity contribution in [3.8, 4) is 11.5 Å². The van der Waals surface area contributed by atoms with Gasteiger partial charge in [0.2, 0.25) is 0 Å². The number of nitrogens with one attached hydrogen (secondary N) is 1. The quantitative estimate of drug-likeness (QED) is 0.909. The standard InChI is InChI=1S/C18H20N2O3S/c1-12(13-2-3-15-16(10-13)23-8-7-22-15)19-18(21)20-6-4-17-14(11-20)5-9-24-17/h2-3,5,9-10,12H,4,6-8,11H2,1H3,(H,19,21). The molecule has 24 heavy (non-hydrogen) atoms. The zero-order valence-corrected chi connectivity index (χ0v) is 14.4. The highest BCUT2D eigenvalue weighted by Gasteiger charge is 2.23. The largest absolute Gasteiger partial charge is 0.486 e. The van der Waals surface area contributed by atoms with Gasteiger partial charge in [0.05, 0.1) is 6.04 Å². The molecule has 6 heteroatoms. The number of carbonyl (C=O) groups is 1. The molecule has 0 aliphatic carbocycles. The third kappa shape index (κ3) is 2.94. The number of thiophene rings is 1. The van der Waals surface area contributed by atoms with Gasteiger partial charge in [-0.1, -0.05) is 6.07 Å². The summed E-state index contributed by atoms with van der Waals surface area (Å²) in [5.74, 6) is 1.52. The predicted octanol–water partition coefficient (Wildman–Crippen LogP) is 3.35. The predicted molar refractivity (Wildman–Crippen MR) is 92.8 cm³/mol. The van der Waals surface area contributed by atoms with Crippen LogP contribution in [-0.4, -0.2) is 30.7 Å². The Morgan fingerprint density at radius 2 is 2.08 bits per heavy atom. The topological polar surface area (TPSA) is 50.8 Å². The van der Waals surface area contributed by atoms with E-state index in [0.29, 0.717) is 19.8 Å². The highest BCUT2D eigenvalue weighted by atomic mass is 32.1. The molecule has 0 saturated carbocycles. The molecule has 0 saturated heterocycles. The van der Waals surface area contributed by atoms with Gasteiger partial charge >= 0.3 is 6.03 Å². The van der Waals surface area contributed by atoms with Gasteiger partial charge in [0, 0.05) is 18.0 Å². The number of urea groups is 1. The number of fused-ring (bicyclic) bond motifs is 2. The summed E-state index contributed by atoms with van der Waals surface area (Å²) in [6.07, 6.45) is 0.943. The Balaban J connectivity index is 1.42. The van der Waals surface area contributed by atoms with Crippen LogP contribution in [0.4, 0.5) is 4.79 Å². The maximum absolute atomic E-state index is 12.6. The van der Waals surface area contributed by atoms with E-state index in [4.69, 9.17) is 9.47 Å². The molecule has 1 unspecified atom stereocenters. The van der Waals surface area contributed by atoms with Gasteiger partial charge in [0.1, 0.15) is 13.2 Å². The summed E-state index contributed by atoms with van der Waals surface area (Å²) in [6, 6.07) is 7.85. The van der Waals surface area contributed by atoms with E-state index in [-0.39, 0.29) is 12.1 Å². The van der Waals surface area contributed by atoms with Crippen molar-refractivity contribution in [2.45, 2.75) is 25.9 Å². The van der Waals surface area contributed by atoms with Crippen LogP contribution < -0.4 is 14.8 Å². The molecule has 2 aliphatic heterocycles. The molecule has 2 amide bonds. The van der Waals surface area contributed by atoms with Crippen LogP contribution in [0.3, 0.4) is 0 Å². The Morgan fingerprint density at radius 3 is 2.96 bits per heavy atom. The molecule has 2 aromatic rings. The normalized spacial score (nSPS) is 17.1. The molecular formula is C18H20N2O3S. The Kier molecular flexibility index (Phi) is 4.06. The molecule has 1 aromatic heterocycles. The minimum absolute atomic E-state index is 0.0192. The molecule has 126 valence electrons. The lowest BCUT2D eigenvalue weighted by Gasteiger charge is -2.29. The molecule has 0 radical (unpaired) electrons.